The van der Waals surface area contributed by atoms with Gasteiger partial charge >= 0.3 is 11.3 Å². The van der Waals surface area contributed by atoms with Crippen LogP contribution in [0.1, 0.15) is 6.92 Å². The van der Waals surface area contributed by atoms with E-state index in [0.29, 0.717) is 0 Å². The highest BCUT2D eigenvalue weighted by molar-refractivity contribution is 6.22. The number of hydrogen-bond acceptors (Lipinski definition) is 12. The first-order valence-electron chi connectivity index (χ1n) is 9.79. The van der Waals surface area contributed by atoms with E-state index < -0.39 is 64.8 Å². The van der Waals surface area contributed by atoms with Crippen LogP contribution in [-0.2, 0) is 4.74 Å². The summed E-state index contributed by atoms with van der Waals surface area (Å²) in [5, 5.41) is 50.8. The summed E-state index contributed by atoms with van der Waals surface area (Å²) in [5.41, 5.74) is -2.50. The second-order valence-corrected chi connectivity index (χ2v) is 7.73. The molecule has 1 aliphatic rings. The van der Waals surface area contributed by atoms with Crippen LogP contribution in [0.15, 0.2) is 30.6 Å². The van der Waals surface area contributed by atoms with E-state index in [1.165, 1.54) is 14.0 Å². The molecule has 0 radical (unpaired) electrons. The molecule has 0 spiro atoms. The van der Waals surface area contributed by atoms with Gasteiger partial charge in [0.15, 0.2) is 22.7 Å². The van der Waals surface area contributed by atoms with Gasteiger partial charge in [0.1, 0.15) is 18.3 Å². The maximum Gasteiger partial charge on any atom is 0.344 e. The third-order valence-corrected chi connectivity index (χ3v) is 5.77. The number of phenolic OH excluding ortho intramolecular Hbond substituents is 2. The molecule has 1 fully saturated rings. The SMILES string of the molecule is COc1c(O)cc2c(=O)oc3c(O)c(O[C@H]4O[C@H](C)[C@@H](O)[C@H](O)[C@@H]4O)cc4c(=O)oc1c2c34. The first-order chi connectivity index (χ1) is 15.6. The van der Waals surface area contributed by atoms with Gasteiger partial charge in [-0.15, -0.1) is 0 Å². The number of rotatable bonds is 3. The van der Waals surface area contributed by atoms with Crippen LogP contribution in [0.5, 0.6) is 23.0 Å². The van der Waals surface area contributed by atoms with E-state index in [9.17, 15) is 35.1 Å². The maximum absolute atomic E-state index is 12.8. The second kappa shape index (κ2) is 7.22. The van der Waals surface area contributed by atoms with E-state index >= 15 is 0 Å². The minimum atomic E-state index is -1.70. The zero-order valence-electron chi connectivity index (χ0n) is 17.1. The van der Waals surface area contributed by atoms with Gasteiger partial charge in [0.25, 0.3) is 0 Å². The standard InChI is InChI=1S/C21H18O12/c1-5-12(23)14(25)15(26)21(30-5)31-9-4-7-10-11-6(19(27)32-17(10)13(9)24)3-8(22)16(29-2)18(11)33-20(7)28/h3-5,12,14-15,21-26H,1-2H3/t5-,12-,14+,15+,21-/m1/s1. The minimum absolute atomic E-state index is 0.0212. The van der Waals surface area contributed by atoms with Crippen LogP contribution in [0.2, 0.25) is 0 Å². The third-order valence-electron chi connectivity index (χ3n) is 5.77. The van der Waals surface area contributed by atoms with Gasteiger partial charge in [0, 0.05) is 10.8 Å². The summed E-state index contributed by atoms with van der Waals surface area (Å²) in [5.74, 6) is -1.74. The van der Waals surface area contributed by atoms with Crippen molar-refractivity contribution in [1.82, 2.24) is 0 Å². The smallest absolute Gasteiger partial charge is 0.344 e. The molecule has 33 heavy (non-hydrogen) atoms. The fourth-order valence-electron chi connectivity index (χ4n) is 4.08. The molecule has 3 heterocycles. The second-order valence-electron chi connectivity index (χ2n) is 7.73. The van der Waals surface area contributed by atoms with E-state index in [1.807, 2.05) is 0 Å². The highest BCUT2D eigenvalue weighted by Crippen LogP contribution is 2.45. The van der Waals surface area contributed by atoms with E-state index in [4.69, 9.17) is 23.0 Å². The summed E-state index contributed by atoms with van der Waals surface area (Å²) in [7, 11) is 1.24. The van der Waals surface area contributed by atoms with Crippen molar-refractivity contribution < 1.29 is 48.6 Å². The Morgan fingerprint density at radius 3 is 2.15 bits per heavy atom. The van der Waals surface area contributed by atoms with Crippen molar-refractivity contribution in [1.29, 1.82) is 0 Å². The van der Waals surface area contributed by atoms with Gasteiger partial charge < -0.3 is 48.6 Å². The summed E-state index contributed by atoms with van der Waals surface area (Å²) >= 11 is 0. The predicted octanol–water partition coefficient (Wildman–Crippen LogP) is 0.116. The molecular formula is C21H18O12. The van der Waals surface area contributed by atoms with Crippen LogP contribution < -0.4 is 20.7 Å². The number of phenols is 2. The van der Waals surface area contributed by atoms with E-state index in [1.54, 1.807) is 0 Å². The molecular weight excluding hydrogens is 444 g/mol. The van der Waals surface area contributed by atoms with Gasteiger partial charge in [-0.1, -0.05) is 0 Å². The van der Waals surface area contributed by atoms with Crippen molar-refractivity contribution >= 4 is 32.7 Å². The Kier molecular flexibility index (Phi) is 4.65. The maximum atomic E-state index is 12.8. The fourth-order valence-corrected chi connectivity index (χ4v) is 4.08. The number of aliphatic hydroxyl groups excluding tert-OH is 3. The normalized spacial score (nSPS) is 25.8. The average Bonchev–Trinajstić information content (AvgIpc) is 2.77. The van der Waals surface area contributed by atoms with Crippen LogP contribution in [0.25, 0.3) is 32.7 Å². The van der Waals surface area contributed by atoms with Crippen molar-refractivity contribution in [2.24, 2.45) is 0 Å². The Hall–Kier alpha value is -3.58. The molecule has 5 atom stereocenters. The summed E-state index contributed by atoms with van der Waals surface area (Å²) in [6.07, 6.45) is -7.14. The largest absolute Gasteiger partial charge is 0.504 e. The molecule has 4 aromatic rings. The third kappa shape index (κ3) is 2.92. The highest BCUT2D eigenvalue weighted by atomic mass is 16.7. The van der Waals surface area contributed by atoms with Crippen molar-refractivity contribution in [3.8, 4) is 23.0 Å². The van der Waals surface area contributed by atoms with Crippen LogP contribution in [0.3, 0.4) is 0 Å². The lowest BCUT2D eigenvalue weighted by atomic mass is 10.00. The summed E-state index contributed by atoms with van der Waals surface area (Å²) in [6.45, 7) is 1.44. The topological polar surface area (TPSA) is 189 Å². The molecule has 1 aliphatic heterocycles. The predicted molar refractivity (Wildman–Crippen MR) is 110 cm³/mol. The molecule has 0 bridgehead atoms. The molecule has 0 amide bonds. The van der Waals surface area contributed by atoms with Gasteiger partial charge in [0.2, 0.25) is 17.8 Å². The lowest BCUT2D eigenvalue weighted by molar-refractivity contribution is -0.268. The highest BCUT2D eigenvalue weighted by Gasteiger charge is 2.43. The van der Waals surface area contributed by atoms with E-state index in [-0.39, 0.29) is 32.9 Å². The molecule has 5 N–H and O–H groups in total. The van der Waals surface area contributed by atoms with Crippen molar-refractivity contribution in [2.45, 2.75) is 37.6 Å². The van der Waals surface area contributed by atoms with Gasteiger partial charge in [0.05, 0.1) is 24.0 Å². The lowest BCUT2D eigenvalue weighted by Gasteiger charge is -2.38. The number of aliphatic hydroxyl groups is 3. The number of benzene rings is 2. The van der Waals surface area contributed by atoms with Crippen LogP contribution in [0, 0.1) is 0 Å². The zero-order chi connectivity index (χ0) is 23.8. The van der Waals surface area contributed by atoms with Crippen molar-refractivity contribution in [3.05, 3.63) is 33.0 Å². The number of aromatic hydroxyl groups is 2. The molecule has 0 unspecified atom stereocenters. The molecule has 1 saturated heterocycles. The molecule has 12 nitrogen and oxygen atoms in total. The summed E-state index contributed by atoms with van der Waals surface area (Å²) in [6, 6.07) is 2.19. The lowest BCUT2D eigenvalue weighted by Crippen LogP contribution is -2.58. The molecule has 12 heteroatoms. The Morgan fingerprint density at radius 1 is 0.879 bits per heavy atom. The van der Waals surface area contributed by atoms with Gasteiger partial charge in [-0.2, -0.15) is 0 Å². The Bertz CT molecular complexity index is 1500. The number of ether oxygens (including phenoxy) is 3. The molecule has 0 aliphatic carbocycles. The van der Waals surface area contributed by atoms with Crippen LogP contribution in [-0.4, -0.2) is 63.3 Å². The molecule has 2 aromatic carbocycles. The van der Waals surface area contributed by atoms with Gasteiger partial charge in [-0.05, 0) is 19.1 Å². The Labute approximate surface area is 182 Å². The van der Waals surface area contributed by atoms with Crippen molar-refractivity contribution in [3.63, 3.8) is 0 Å². The summed E-state index contributed by atoms with van der Waals surface area (Å²) in [4.78, 5) is 25.4. The first-order valence-corrected chi connectivity index (χ1v) is 9.79. The fraction of sp³-hybridized carbons (Fsp3) is 0.333. The minimum Gasteiger partial charge on any atom is -0.504 e. The summed E-state index contributed by atoms with van der Waals surface area (Å²) < 4.78 is 26.5. The van der Waals surface area contributed by atoms with Gasteiger partial charge in [-0.25, -0.2) is 9.59 Å². The van der Waals surface area contributed by atoms with Crippen LogP contribution in [0.4, 0.5) is 0 Å². The molecule has 2 aromatic heterocycles. The molecule has 5 rings (SSSR count). The quantitative estimate of drug-likeness (QED) is 0.204. The van der Waals surface area contributed by atoms with Crippen LogP contribution >= 0.6 is 0 Å². The monoisotopic (exact) mass is 462 g/mol. The van der Waals surface area contributed by atoms with E-state index in [2.05, 4.69) is 0 Å². The molecule has 0 saturated carbocycles. The zero-order valence-corrected chi connectivity index (χ0v) is 17.1. The first kappa shape index (κ1) is 21.3. The number of methoxy groups -OCH3 is 1. The van der Waals surface area contributed by atoms with Crippen molar-refractivity contribution in [2.75, 3.05) is 7.11 Å². The Balaban J connectivity index is 1.77. The van der Waals surface area contributed by atoms with Gasteiger partial charge in [-0.3, -0.25) is 0 Å². The number of hydrogen-bond donors (Lipinski definition) is 5. The Morgan fingerprint density at radius 2 is 1.48 bits per heavy atom. The average molecular weight is 462 g/mol. The molecule has 174 valence electrons. The van der Waals surface area contributed by atoms with E-state index in [0.717, 1.165) is 12.1 Å².